The van der Waals surface area contributed by atoms with Gasteiger partial charge in [-0.05, 0) is 84.6 Å². The summed E-state index contributed by atoms with van der Waals surface area (Å²) in [5.41, 5.74) is 7.22. The van der Waals surface area contributed by atoms with Crippen molar-refractivity contribution in [2.24, 2.45) is 11.8 Å². The molecule has 3 aromatic carbocycles. The van der Waals surface area contributed by atoms with Crippen molar-refractivity contribution < 1.29 is 23.2 Å². The Morgan fingerprint density at radius 2 is 1.11 bits per heavy atom. The van der Waals surface area contributed by atoms with E-state index in [0.717, 1.165) is 88.9 Å². The van der Waals surface area contributed by atoms with Crippen LogP contribution >= 0.6 is 18.9 Å². The third-order valence-electron chi connectivity index (χ3n) is 11.8. The Labute approximate surface area is 367 Å². The number of amides is 2. The van der Waals surface area contributed by atoms with Crippen LogP contribution in [0, 0.1) is 23.2 Å². The zero-order valence-electron chi connectivity index (χ0n) is 36.6. The number of carbonyl (C=O) groups is 2. The fourth-order valence-electron chi connectivity index (χ4n) is 8.35. The molecular formula is C51H60N3O5PS. The van der Waals surface area contributed by atoms with Gasteiger partial charge in [0.1, 0.15) is 11.4 Å². The quantitative estimate of drug-likeness (QED) is 0.0576. The van der Waals surface area contributed by atoms with Gasteiger partial charge in [-0.15, -0.1) is 11.3 Å². The lowest BCUT2D eigenvalue weighted by Gasteiger charge is -2.29. The van der Waals surface area contributed by atoms with Crippen molar-refractivity contribution in [2.45, 2.75) is 92.9 Å². The molecule has 3 heterocycles. The molecule has 2 amide bonds. The first-order chi connectivity index (χ1) is 29.6. The van der Waals surface area contributed by atoms with Gasteiger partial charge in [0.05, 0.1) is 35.8 Å². The molecule has 2 unspecified atom stereocenters. The van der Waals surface area contributed by atoms with Gasteiger partial charge in [0, 0.05) is 22.8 Å². The van der Waals surface area contributed by atoms with Crippen LogP contribution in [0.2, 0.25) is 0 Å². The van der Waals surface area contributed by atoms with Gasteiger partial charge < -0.3 is 18.8 Å². The van der Waals surface area contributed by atoms with E-state index in [4.69, 9.17) is 9.05 Å². The summed E-state index contributed by atoms with van der Waals surface area (Å²) >= 11 is 1.46. The number of rotatable bonds is 22. The summed E-state index contributed by atoms with van der Waals surface area (Å²) in [6, 6.07) is 32.5. The van der Waals surface area contributed by atoms with E-state index in [1.165, 1.54) is 11.3 Å². The Hall–Kier alpha value is -4.84. The highest BCUT2D eigenvalue weighted by molar-refractivity contribution is 7.59. The van der Waals surface area contributed by atoms with Gasteiger partial charge >= 0.3 is 7.60 Å². The molecule has 1 aromatic heterocycles. The topological polar surface area (TPSA) is 99.9 Å². The number of nitriles is 1. The Morgan fingerprint density at radius 1 is 0.656 bits per heavy atom. The fraction of sp³-hybridized carbons (Fsp3) is 0.392. The van der Waals surface area contributed by atoms with Crippen LogP contribution in [0.5, 0.6) is 0 Å². The van der Waals surface area contributed by atoms with E-state index in [0.29, 0.717) is 41.5 Å². The number of allylic oxidation sites excluding steroid dienone is 1. The zero-order chi connectivity index (χ0) is 43.5. The van der Waals surface area contributed by atoms with Crippen molar-refractivity contribution >= 4 is 48.2 Å². The second-order valence-corrected chi connectivity index (χ2v) is 18.9. The maximum atomic E-state index is 15.1. The predicted octanol–water partition coefficient (Wildman–Crippen LogP) is 13.5. The molecule has 0 bridgehead atoms. The van der Waals surface area contributed by atoms with Crippen LogP contribution in [0.15, 0.2) is 107 Å². The Kier molecular flexibility index (Phi) is 15.9. The van der Waals surface area contributed by atoms with Crippen LogP contribution in [0.25, 0.3) is 39.0 Å². The maximum Gasteiger partial charge on any atom is 0.371 e. The summed E-state index contributed by atoms with van der Waals surface area (Å²) in [5.74, 6) is 0.370. The van der Waals surface area contributed by atoms with E-state index in [1.54, 1.807) is 19.9 Å². The van der Waals surface area contributed by atoms with Crippen molar-refractivity contribution in [3.05, 3.63) is 123 Å². The highest BCUT2D eigenvalue weighted by atomic mass is 32.1. The second-order valence-electron chi connectivity index (χ2n) is 15.8. The summed E-state index contributed by atoms with van der Waals surface area (Å²) in [6.45, 7) is 13.6. The second kappa shape index (κ2) is 21.3. The molecule has 0 fully saturated rings. The molecule has 8 nitrogen and oxygen atoms in total. The van der Waals surface area contributed by atoms with Crippen LogP contribution in [0.3, 0.4) is 0 Å². The molecule has 10 heteroatoms. The summed E-state index contributed by atoms with van der Waals surface area (Å²) in [5, 5.41) is 9.87. The van der Waals surface area contributed by atoms with E-state index in [9.17, 15) is 9.83 Å². The average Bonchev–Trinajstić information content (AvgIpc) is 3.95. The number of hydrogen-bond acceptors (Lipinski definition) is 7. The number of nitrogens with zero attached hydrogens (tertiary/aromatic N) is 3. The van der Waals surface area contributed by atoms with E-state index < -0.39 is 7.60 Å². The van der Waals surface area contributed by atoms with Crippen molar-refractivity contribution in [1.82, 2.24) is 9.80 Å². The molecule has 2 aliphatic heterocycles. The first-order valence-electron chi connectivity index (χ1n) is 22.1. The molecule has 2 aliphatic rings. The van der Waals surface area contributed by atoms with Crippen LogP contribution in [0.4, 0.5) is 0 Å². The normalized spacial score (nSPS) is 15.5. The summed E-state index contributed by atoms with van der Waals surface area (Å²) in [6.07, 6.45) is 9.81. The van der Waals surface area contributed by atoms with Gasteiger partial charge in [0.15, 0.2) is 0 Å². The molecule has 0 saturated heterocycles. The van der Waals surface area contributed by atoms with Crippen molar-refractivity contribution in [3.8, 4) is 27.6 Å². The zero-order valence-corrected chi connectivity index (χ0v) is 38.3. The van der Waals surface area contributed by atoms with Gasteiger partial charge in [-0.2, -0.15) is 5.26 Å². The monoisotopic (exact) mass is 857 g/mol. The van der Waals surface area contributed by atoms with Gasteiger partial charge in [0.2, 0.25) is 0 Å². The number of thiophene rings is 1. The number of unbranched alkanes of at least 4 members (excludes halogenated alkanes) is 2. The van der Waals surface area contributed by atoms with E-state index in [1.807, 2.05) is 70.5 Å². The molecule has 0 aliphatic carbocycles. The average molecular weight is 858 g/mol. The number of benzene rings is 3. The lowest BCUT2D eigenvalue weighted by molar-refractivity contribution is -0.124. The Morgan fingerprint density at radius 3 is 1.56 bits per heavy atom. The Bertz CT molecular complexity index is 2330. The van der Waals surface area contributed by atoms with E-state index >= 15 is 9.59 Å². The van der Waals surface area contributed by atoms with Crippen LogP contribution in [-0.2, 0) is 23.2 Å². The third kappa shape index (κ3) is 10.1. The number of fused-ring (bicyclic) bond motifs is 1. The first-order valence-corrected chi connectivity index (χ1v) is 24.5. The molecule has 0 spiro atoms. The molecule has 6 rings (SSSR count). The summed E-state index contributed by atoms with van der Waals surface area (Å²) < 4.78 is 24.3. The molecular weight excluding hydrogens is 798 g/mol. The fourth-order valence-corrected chi connectivity index (χ4v) is 10.8. The lowest BCUT2D eigenvalue weighted by Crippen LogP contribution is -2.34. The minimum absolute atomic E-state index is 0.0371. The Balaban J connectivity index is 1.45. The minimum atomic E-state index is -3.75. The molecule has 2 atom stereocenters. The van der Waals surface area contributed by atoms with E-state index in [-0.39, 0.29) is 36.3 Å². The molecule has 320 valence electrons. The highest BCUT2D eigenvalue weighted by Crippen LogP contribution is 2.56. The van der Waals surface area contributed by atoms with Gasteiger partial charge in [-0.25, -0.2) is 0 Å². The molecule has 0 N–H and O–H groups in total. The van der Waals surface area contributed by atoms with Gasteiger partial charge in [-0.1, -0.05) is 145 Å². The minimum Gasteiger partial charge on any atom is -0.307 e. The SMILES string of the molecule is CCCCC(CC)CN1C(=O)C2=C(c3ccc(-c4ccc(/C=C(\C#N)P(=O)(OCC)OCC)s4)cc3)N(CC(CC)CCCC)C(=O)C2=C1c1ccc(-c2ccccc2)cc1. The van der Waals surface area contributed by atoms with Crippen molar-refractivity contribution in [3.63, 3.8) is 0 Å². The standard InChI is InChI=1S/C51H60N3O5PS/c1-7-13-18-36(9-3)34-53-48(41-26-22-39(23-27-41)38-20-16-15-17-21-38)46-47(51(53)56)49(54(50(46)55)35-37(10-4)19-14-8-2)42-28-24-40(25-29-42)45-31-30-44(61-45)32-43(33-52)60(57,58-11-5)59-12-6/h15-17,20-32,36-37H,7-14,18-19,34-35H2,1-6H3/b43-32+. The molecule has 61 heavy (non-hydrogen) atoms. The smallest absolute Gasteiger partial charge is 0.307 e. The van der Waals surface area contributed by atoms with Crippen LogP contribution < -0.4 is 0 Å². The molecule has 0 radical (unpaired) electrons. The van der Waals surface area contributed by atoms with E-state index in [2.05, 4.69) is 64.1 Å². The summed E-state index contributed by atoms with van der Waals surface area (Å²) in [4.78, 5) is 35.8. The van der Waals surface area contributed by atoms with Crippen molar-refractivity contribution in [2.75, 3.05) is 26.3 Å². The van der Waals surface area contributed by atoms with Gasteiger partial charge in [0.25, 0.3) is 11.8 Å². The largest absolute Gasteiger partial charge is 0.371 e. The number of hydrogen-bond donors (Lipinski definition) is 0. The maximum absolute atomic E-state index is 15.1. The van der Waals surface area contributed by atoms with Crippen LogP contribution in [-0.4, -0.2) is 47.9 Å². The molecule has 4 aromatic rings. The predicted molar refractivity (Wildman–Crippen MR) is 250 cm³/mol. The van der Waals surface area contributed by atoms with Crippen molar-refractivity contribution in [1.29, 1.82) is 5.26 Å². The summed E-state index contributed by atoms with van der Waals surface area (Å²) in [7, 11) is -3.75. The highest BCUT2D eigenvalue weighted by Gasteiger charge is 2.49. The third-order valence-corrected chi connectivity index (χ3v) is 14.9. The first kappa shape index (κ1) is 45.7. The van der Waals surface area contributed by atoms with Crippen LogP contribution in [0.1, 0.15) is 109 Å². The van der Waals surface area contributed by atoms with Gasteiger partial charge in [-0.3, -0.25) is 14.2 Å². The molecule has 0 saturated carbocycles. The lowest BCUT2D eigenvalue weighted by atomic mass is 9.97. The number of carbonyl (C=O) groups excluding carboxylic acids is 2.